The fraction of sp³-hybridized carbons (Fsp3) is 0. The fourth-order valence-corrected chi connectivity index (χ4v) is 1.86. The van der Waals surface area contributed by atoms with Gasteiger partial charge in [-0.2, -0.15) is 4.68 Å². The molecule has 0 bridgehead atoms. The monoisotopic (exact) mass is 257 g/mol. The van der Waals surface area contributed by atoms with Gasteiger partial charge >= 0.3 is 0 Å². The maximum absolute atomic E-state index is 6.14. The number of rotatable bonds is 2. The summed E-state index contributed by atoms with van der Waals surface area (Å²) in [5.41, 5.74) is 1.57. The second kappa shape index (κ2) is 4.54. The van der Waals surface area contributed by atoms with Crippen LogP contribution in [0.3, 0.4) is 0 Å². The Kier molecular flexibility index (Phi) is 2.74. The summed E-state index contributed by atoms with van der Waals surface area (Å²) in [6, 6.07) is 11.1. The Labute approximate surface area is 108 Å². The number of hydrogen-bond acceptors (Lipinski definition) is 4. The summed E-state index contributed by atoms with van der Waals surface area (Å²) >= 11 is 6.14. The molecule has 18 heavy (non-hydrogen) atoms. The molecule has 0 saturated carbocycles. The molecule has 0 aliphatic rings. The van der Waals surface area contributed by atoms with E-state index < -0.39 is 0 Å². The third-order valence-electron chi connectivity index (χ3n) is 2.47. The lowest BCUT2D eigenvalue weighted by Gasteiger charge is -2.05. The van der Waals surface area contributed by atoms with Gasteiger partial charge in [-0.1, -0.05) is 23.7 Å². The number of tetrazole rings is 1. The smallest absolute Gasteiger partial charge is 0.188 e. The Bertz CT molecular complexity index is 665. The Morgan fingerprint density at radius 3 is 2.72 bits per heavy atom. The molecule has 0 atom stereocenters. The lowest BCUT2D eigenvalue weighted by atomic mass is 10.2. The molecule has 0 N–H and O–H groups in total. The van der Waals surface area contributed by atoms with E-state index in [9.17, 15) is 0 Å². The van der Waals surface area contributed by atoms with Gasteiger partial charge in [-0.3, -0.25) is 4.98 Å². The molecular weight excluding hydrogens is 250 g/mol. The summed E-state index contributed by atoms with van der Waals surface area (Å²) in [4.78, 5) is 4.06. The van der Waals surface area contributed by atoms with E-state index >= 15 is 0 Å². The molecule has 0 fully saturated rings. The minimum Gasteiger partial charge on any atom is -0.264 e. The van der Waals surface area contributed by atoms with Gasteiger partial charge in [0.1, 0.15) is 0 Å². The zero-order valence-electron chi connectivity index (χ0n) is 9.23. The summed E-state index contributed by atoms with van der Waals surface area (Å²) in [5, 5.41) is 12.3. The topological polar surface area (TPSA) is 56.5 Å². The van der Waals surface area contributed by atoms with Crippen LogP contribution in [-0.4, -0.2) is 25.2 Å². The molecule has 1 aromatic carbocycles. The molecular formula is C12H8ClN5. The van der Waals surface area contributed by atoms with Gasteiger partial charge in [0.2, 0.25) is 0 Å². The van der Waals surface area contributed by atoms with Gasteiger partial charge in [0.05, 0.1) is 10.7 Å². The maximum atomic E-state index is 6.14. The van der Waals surface area contributed by atoms with E-state index in [1.54, 1.807) is 23.1 Å². The third kappa shape index (κ3) is 1.84. The number of hydrogen-bond donors (Lipinski definition) is 0. The van der Waals surface area contributed by atoms with Crippen LogP contribution >= 0.6 is 11.6 Å². The molecule has 3 rings (SSSR count). The number of pyridine rings is 1. The van der Waals surface area contributed by atoms with Gasteiger partial charge in [0, 0.05) is 18.0 Å². The largest absolute Gasteiger partial charge is 0.264 e. The molecule has 0 aliphatic carbocycles. The van der Waals surface area contributed by atoms with Crippen LogP contribution in [-0.2, 0) is 0 Å². The van der Waals surface area contributed by atoms with Crippen molar-refractivity contribution >= 4 is 11.6 Å². The third-order valence-corrected chi connectivity index (χ3v) is 2.79. The van der Waals surface area contributed by atoms with Crippen LogP contribution in [0.5, 0.6) is 0 Å². The van der Waals surface area contributed by atoms with Crippen molar-refractivity contribution in [2.75, 3.05) is 0 Å². The fourth-order valence-electron chi connectivity index (χ4n) is 1.65. The molecule has 0 unspecified atom stereocenters. The quantitative estimate of drug-likeness (QED) is 0.707. The minimum absolute atomic E-state index is 0.593. The van der Waals surface area contributed by atoms with Gasteiger partial charge in [-0.05, 0) is 34.7 Å². The van der Waals surface area contributed by atoms with Crippen molar-refractivity contribution in [2.45, 2.75) is 0 Å². The number of nitrogens with zero attached hydrogens (tertiary/aromatic N) is 5. The summed E-state index contributed by atoms with van der Waals surface area (Å²) in [7, 11) is 0. The van der Waals surface area contributed by atoms with E-state index in [-0.39, 0.29) is 0 Å². The number of halogens is 1. The second-order valence-electron chi connectivity index (χ2n) is 3.61. The molecule has 3 aromatic rings. The van der Waals surface area contributed by atoms with Gasteiger partial charge < -0.3 is 0 Å². The second-order valence-corrected chi connectivity index (χ2v) is 4.01. The number of para-hydroxylation sites is 1. The molecule has 0 aliphatic heterocycles. The first-order valence-corrected chi connectivity index (χ1v) is 5.68. The first-order chi connectivity index (χ1) is 8.86. The Morgan fingerprint density at radius 1 is 1.06 bits per heavy atom. The maximum Gasteiger partial charge on any atom is 0.188 e. The van der Waals surface area contributed by atoms with E-state index in [1.807, 2.05) is 30.3 Å². The zero-order valence-corrected chi connectivity index (χ0v) is 9.99. The lowest BCUT2D eigenvalue weighted by molar-refractivity contribution is 0.791. The van der Waals surface area contributed by atoms with E-state index in [0.717, 1.165) is 11.3 Å². The minimum atomic E-state index is 0.593. The van der Waals surface area contributed by atoms with Crippen molar-refractivity contribution < 1.29 is 0 Å². The summed E-state index contributed by atoms with van der Waals surface area (Å²) in [6.45, 7) is 0. The van der Waals surface area contributed by atoms with Crippen LogP contribution in [0.15, 0.2) is 48.8 Å². The van der Waals surface area contributed by atoms with Crippen molar-refractivity contribution in [1.29, 1.82) is 0 Å². The van der Waals surface area contributed by atoms with Gasteiger partial charge in [0.15, 0.2) is 5.82 Å². The summed E-state index contributed by atoms with van der Waals surface area (Å²) in [6.07, 6.45) is 3.41. The molecule has 6 heteroatoms. The molecule has 0 radical (unpaired) electrons. The molecule has 0 saturated heterocycles. The van der Waals surface area contributed by atoms with Crippen LogP contribution in [0.25, 0.3) is 17.1 Å². The summed E-state index contributed by atoms with van der Waals surface area (Å²) < 4.78 is 1.60. The molecule has 2 aromatic heterocycles. The molecule has 88 valence electrons. The van der Waals surface area contributed by atoms with Crippen molar-refractivity contribution in [1.82, 2.24) is 25.2 Å². The van der Waals surface area contributed by atoms with E-state index in [1.165, 1.54) is 0 Å². The van der Waals surface area contributed by atoms with Crippen LogP contribution < -0.4 is 0 Å². The van der Waals surface area contributed by atoms with E-state index in [4.69, 9.17) is 11.6 Å². The van der Waals surface area contributed by atoms with Crippen LogP contribution in [0.4, 0.5) is 0 Å². The molecule has 2 heterocycles. The van der Waals surface area contributed by atoms with E-state index in [2.05, 4.69) is 20.5 Å². The number of aromatic nitrogens is 5. The Morgan fingerprint density at radius 2 is 1.94 bits per heavy atom. The molecule has 0 amide bonds. The van der Waals surface area contributed by atoms with Crippen LogP contribution in [0.2, 0.25) is 5.02 Å². The predicted octanol–water partition coefficient (Wildman–Crippen LogP) is 2.38. The summed E-state index contributed by atoms with van der Waals surface area (Å²) in [5.74, 6) is 0.608. The van der Waals surface area contributed by atoms with Gasteiger partial charge in [-0.25, -0.2) is 0 Å². The molecule has 5 nitrogen and oxygen atoms in total. The highest BCUT2D eigenvalue weighted by Gasteiger charge is 2.12. The predicted molar refractivity (Wildman–Crippen MR) is 67.4 cm³/mol. The number of benzene rings is 1. The lowest BCUT2D eigenvalue weighted by Crippen LogP contribution is -2.00. The first kappa shape index (κ1) is 10.9. The van der Waals surface area contributed by atoms with Gasteiger partial charge in [0.25, 0.3) is 0 Å². The van der Waals surface area contributed by atoms with Gasteiger partial charge in [-0.15, -0.1) is 5.10 Å². The first-order valence-electron chi connectivity index (χ1n) is 5.30. The van der Waals surface area contributed by atoms with Crippen molar-refractivity contribution in [3.8, 4) is 17.1 Å². The normalized spacial score (nSPS) is 10.5. The van der Waals surface area contributed by atoms with Crippen LogP contribution in [0.1, 0.15) is 0 Å². The zero-order chi connectivity index (χ0) is 12.4. The van der Waals surface area contributed by atoms with E-state index in [0.29, 0.717) is 10.8 Å². The molecule has 0 spiro atoms. The SMILES string of the molecule is Clc1ccccc1-n1nnnc1-c1cccnc1. The Hall–Kier alpha value is -2.27. The highest BCUT2D eigenvalue weighted by molar-refractivity contribution is 6.32. The average Bonchev–Trinajstić information content (AvgIpc) is 2.89. The Balaban J connectivity index is 2.16. The van der Waals surface area contributed by atoms with Crippen molar-refractivity contribution in [3.63, 3.8) is 0 Å². The highest BCUT2D eigenvalue weighted by Crippen LogP contribution is 2.23. The van der Waals surface area contributed by atoms with Crippen molar-refractivity contribution in [2.24, 2.45) is 0 Å². The van der Waals surface area contributed by atoms with Crippen LogP contribution in [0, 0.1) is 0 Å². The average molecular weight is 258 g/mol. The standard InChI is InChI=1S/C12H8ClN5/c13-10-5-1-2-6-11(10)18-12(15-16-17-18)9-4-3-7-14-8-9/h1-8H. The highest BCUT2D eigenvalue weighted by atomic mass is 35.5. The van der Waals surface area contributed by atoms with Crippen molar-refractivity contribution in [3.05, 3.63) is 53.8 Å².